The maximum Gasteiger partial charge on any atom is 0.0805 e. The van der Waals surface area contributed by atoms with Crippen LogP contribution in [0.15, 0.2) is 40.9 Å². The number of halogens is 1. The van der Waals surface area contributed by atoms with E-state index in [0.29, 0.717) is 5.92 Å². The van der Waals surface area contributed by atoms with Crippen LogP contribution in [0.1, 0.15) is 37.3 Å². The Morgan fingerprint density at radius 3 is 2.48 bits per heavy atom. The van der Waals surface area contributed by atoms with E-state index in [-0.39, 0.29) is 0 Å². The zero-order valence-corrected chi connectivity index (χ0v) is 13.4. The van der Waals surface area contributed by atoms with Crippen molar-refractivity contribution in [3.8, 4) is 0 Å². The minimum Gasteiger partial charge on any atom is -0.398 e. The summed E-state index contributed by atoms with van der Waals surface area (Å²) in [4.78, 5) is 4.99. The second-order valence-electron chi connectivity index (χ2n) is 5.92. The van der Waals surface area contributed by atoms with Crippen molar-refractivity contribution in [3.05, 3.63) is 46.6 Å². The highest BCUT2D eigenvalue weighted by molar-refractivity contribution is 9.10. The number of fused-ring (bicyclic) bond motifs is 3. The Morgan fingerprint density at radius 1 is 1.00 bits per heavy atom. The van der Waals surface area contributed by atoms with Gasteiger partial charge >= 0.3 is 0 Å². The van der Waals surface area contributed by atoms with Gasteiger partial charge in [-0.25, -0.2) is 0 Å². The van der Waals surface area contributed by atoms with Crippen LogP contribution in [0, 0.1) is 0 Å². The first-order valence-electron chi connectivity index (χ1n) is 7.51. The van der Waals surface area contributed by atoms with Crippen molar-refractivity contribution >= 4 is 43.3 Å². The molecule has 106 valence electrons. The number of pyridine rings is 1. The SMILES string of the molecule is Nc1cc(C2CCCC2)nc2c1cc(Br)c1ccccc12. The summed E-state index contributed by atoms with van der Waals surface area (Å²) in [6.07, 6.45) is 5.11. The number of nitrogen functional groups attached to an aromatic ring is 1. The summed E-state index contributed by atoms with van der Waals surface area (Å²) in [5.41, 5.74) is 9.37. The van der Waals surface area contributed by atoms with Crippen LogP contribution in [0.2, 0.25) is 0 Å². The maximum absolute atomic E-state index is 6.32. The van der Waals surface area contributed by atoms with E-state index in [0.717, 1.165) is 21.1 Å². The number of nitrogens with zero attached hydrogens (tertiary/aromatic N) is 1. The number of rotatable bonds is 1. The minimum absolute atomic E-state index is 0.583. The largest absolute Gasteiger partial charge is 0.398 e. The Kier molecular flexibility index (Phi) is 3.11. The Labute approximate surface area is 132 Å². The molecule has 3 heteroatoms. The van der Waals surface area contributed by atoms with Gasteiger partial charge in [0.1, 0.15) is 0 Å². The summed E-state index contributed by atoms with van der Waals surface area (Å²) in [6.45, 7) is 0. The van der Waals surface area contributed by atoms with Crippen molar-refractivity contribution in [3.63, 3.8) is 0 Å². The lowest BCUT2D eigenvalue weighted by atomic mass is 9.99. The molecule has 1 aliphatic rings. The highest BCUT2D eigenvalue weighted by Crippen LogP contribution is 2.38. The lowest BCUT2D eigenvalue weighted by Crippen LogP contribution is -2.00. The predicted molar refractivity (Wildman–Crippen MR) is 92.6 cm³/mol. The Bertz CT molecular complexity index is 835. The molecule has 0 bridgehead atoms. The highest BCUT2D eigenvalue weighted by atomic mass is 79.9. The van der Waals surface area contributed by atoms with Crippen LogP contribution < -0.4 is 5.73 Å². The number of benzene rings is 2. The summed E-state index contributed by atoms with van der Waals surface area (Å²) in [6, 6.07) is 12.6. The summed E-state index contributed by atoms with van der Waals surface area (Å²) in [7, 11) is 0. The molecule has 2 N–H and O–H groups in total. The molecule has 1 saturated carbocycles. The van der Waals surface area contributed by atoms with Crippen LogP contribution >= 0.6 is 15.9 Å². The maximum atomic E-state index is 6.32. The summed E-state index contributed by atoms with van der Waals surface area (Å²) < 4.78 is 1.08. The normalized spacial score (nSPS) is 16.0. The van der Waals surface area contributed by atoms with E-state index in [2.05, 4.69) is 52.3 Å². The average molecular weight is 341 g/mol. The molecule has 0 saturated heterocycles. The summed E-state index contributed by atoms with van der Waals surface area (Å²) in [5, 5.41) is 3.41. The number of nitrogens with two attached hydrogens (primary N) is 1. The second-order valence-corrected chi connectivity index (χ2v) is 6.77. The smallest absolute Gasteiger partial charge is 0.0805 e. The molecule has 1 aliphatic carbocycles. The van der Waals surface area contributed by atoms with Crippen LogP contribution in [-0.4, -0.2) is 4.98 Å². The van der Waals surface area contributed by atoms with Crippen molar-refractivity contribution < 1.29 is 0 Å². The van der Waals surface area contributed by atoms with Crippen molar-refractivity contribution in [1.29, 1.82) is 0 Å². The van der Waals surface area contributed by atoms with Crippen LogP contribution in [0.3, 0.4) is 0 Å². The minimum atomic E-state index is 0.583. The zero-order chi connectivity index (χ0) is 14.4. The molecule has 0 amide bonds. The molecule has 1 aromatic heterocycles. The molecule has 1 fully saturated rings. The third kappa shape index (κ3) is 2.11. The first-order chi connectivity index (χ1) is 10.2. The van der Waals surface area contributed by atoms with Gasteiger partial charge in [-0.1, -0.05) is 53.0 Å². The van der Waals surface area contributed by atoms with E-state index < -0.39 is 0 Å². The zero-order valence-electron chi connectivity index (χ0n) is 11.8. The fourth-order valence-electron chi connectivity index (χ4n) is 3.49. The molecule has 0 atom stereocenters. The monoisotopic (exact) mass is 340 g/mol. The first kappa shape index (κ1) is 13.1. The van der Waals surface area contributed by atoms with Crippen LogP contribution in [0.4, 0.5) is 5.69 Å². The Balaban J connectivity index is 2.06. The Morgan fingerprint density at radius 2 is 1.71 bits per heavy atom. The lowest BCUT2D eigenvalue weighted by molar-refractivity contribution is 0.702. The van der Waals surface area contributed by atoms with Crippen molar-refractivity contribution in [2.45, 2.75) is 31.6 Å². The van der Waals surface area contributed by atoms with Gasteiger partial charge in [0.05, 0.1) is 5.52 Å². The predicted octanol–water partition coefficient (Wildman–Crippen LogP) is 5.39. The van der Waals surface area contributed by atoms with Crippen molar-refractivity contribution in [2.75, 3.05) is 5.73 Å². The molecule has 1 heterocycles. The van der Waals surface area contributed by atoms with Gasteiger partial charge in [-0.3, -0.25) is 4.98 Å². The van der Waals surface area contributed by atoms with Gasteiger partial charge < -0.3 is 5.73 Å². The third-order valence-electron chi connectivity index (χ3n) is 4.59. The summed E-state index contributed by atoms with van der Waals surface area (Å²) >= 11 is 3.65. The molecular formula is C18H17BrN2. The van der Waals surface area contributed by atoms with Crippen molar-refractivity contribution in [1.82, 2.24) is 4.98 Å². The van der Waals surface area contributed by atoms with Crippen LogP contribution in [-0.2, 0) is 0 Å². The van der Waals surface area contributed by atoms with E-state index in [9.17, 15) is 0 Å². The molecule has 0 aliphatic heterocycles. The Hall–Kier alpha value is -1.61. The van der Waals surface area contributed by atoms with Gasteiger partial charge in [-0.15, -0.1) is 0 Å². The van der Waals surface area contributed by atoms with Gasteiger partial charge in [-0.05, 0) is 30.4 Å². The molecule has 0 radical (unpaired) electrons. The lowest BCUT2D eigenvalue weighted by Gasteiger charge is -2.13. The van der Waals surface area contributed by atoms with Crippen molar-refractivity contribution in [2.24, 2.45) is 0 Å². The second kappa shape index (κ2) is 4.99. The highest BCUT2D eigenvalue weighted by Gasteiger charge is 2.20. The molecule has 21 heavy (non-hydrogen) atoms. The van der Waals surface area contributed by atoms with E-state index in [1.54, 1.807) is 0 Å². The number of hydrogen-bond donors (Lipinski definition) is 1. The molecule has 3 aromatic rings. The van der Waals surface area contributed by atoms with Gasteiger partial charge in [0.25, 0.3) is 0 Å². The fourth-order valence-corrected chi connectivity index (χ4v) is 4.06. The molecule has 0 unspecified atom stereocenters. The van der Waals surface area contributed by atoms with E-state index in [1.165, 1.54) is 42.1 Å². The van der Waals surface area contributed by atoms with Gasteiger partial charge in [0, 0.05) is 32.5 Å². The van der Waals surface area contributed by atoms with E-state index in [1.807, 2.05) is 0 Å². The van der Waals surface area contributed by atoms with Gasteiger partial charge in [0.2, 0.25) is 0 Å². The number of hydrogen-bond acceptors (Lipinski definition) is 2. The first-order valence-corrected chi connectivity index (χ1v) is 8.31. The average Bonchev–Trinajstić information content (AvgIpc) is 3.03. The molecule has 2 nitrogen and oxygen atoms in total. The van der Waals surface area contributed by atoms with Gasteiger partial charge in [0.15, 0.2) is 0 Å². The fraction of sp³-hybridized carbons (Fsp3) is 0.278. The molecule has 0 spiro atoms. The molecular weight excluding hydrogens is 324 g/mol. The topological polar surface area (TPSA) is 38.9 Å². The molecule has 4 rings (SSSR count). The van der Waals surface area contributed by atoms with E-state index in [4.69, 9.17) is 10.7 Å². The van der Waals surface area contributed by atoms with Crippen LogP contribution in [0.5, 0.6) is 0 Å². The number of aromatic nitrogens is 1. The summed E-state index contributed by atoms with van der Waals surface area (Å²) in [5.74, 6) is 0.583. The standard InChI is InChI=1S/C18H17BrN2/c19-15-9-14-16(20)10-17(11-5-1-2-6-11)21-18(14)13-8-4-3-7-12(13)15/h3-4,7-11H,1-2,5-6H2,(H2,20,21). The molecule has 2 aromatic carbocycles. The van der Waals surface area contributed by atoms with Gasteiger partial charge in [-0.2, -0.15) is 0 Å². The van der Waals surface area contributed by atoms with E-state index >= 15 is 0 Å². The quantitative estimate of drug-likeness (QED) is 0.603. The number of anilines is 1. The third-order valence-corrected chi connectivity index (χ3v) is 5.25. The van der Waals surface area contributed by atoms with Crippen LogP contribution in [0.25, 0.3) is 21.7 Å².